The Morgan fingerprint density at radius 1 is 1.06 bits per heavy atom. The van der Waals surface area contributed by atoms with Gasteiger partial charge < -0.3 is 19.3 Å². The highest BCUT2D eigenvalue weighted by molar-refractivity contribution is 5.79. The van der Waals surface area contributed by atoms with Crippen molar-refractivity contribution in [2.24, 2.45) is 11.8 Å². The lowest BCUT2D eigenvalue weighted by atomic mass is 9.81. The molecule has 6 heteroatoms. The molecule has 2 aliphatic heterocycles. The van der Waals surface area contributed by atoms with Crippen molar-refractivity contribution in [1.82, 2.24) is 9.80 Å². The molecule has 2 aromatic rings. The fourth-order valence-electron chi connectivity index (χ4n) is 5.04. The first-order valence-corrected chi connectivity index (χ1v) is 11.4. The molecule has 0 aromatic heterocycles. The van der Waals surface area contributed by atoms with Crippen molar-refractivity contribution in [2.75, 3.05) is 33.4 Å². The standard InChI is InChI=1S/C26H33FN2O3/c1-18(2)32-24-10-6-19(7-11-24)12-25(30)29(13-20-4-8-23(27)9-5-20)26-21-14-28(3)15-22(26)17-31-16-21/h4-11,18,21-22,26H,12-17H2,1-3H3/t21-,22+,26+. The van der Waals surface area contributed by atoms with Crippen LogP contribution < -0.4 is 4.74 Å². The molecule has 2 fully saturated rings. The van der Waals surface area contributed by atoms with Crippen molar-refractivity contribution in [3.63, 3.8) is 0 Å². The first-order chi connectivity index (χ1) is 15.4. The minimum absolute atomic E-state index is 0.0957. The van der Waals surface area contributed by atoms with Crippen LogP contribution in [0.2, 0.25) is 0 Å². The van der Waals surface area contributed by atoms with Crippen molar-refractivity contribution < 1.29 is 18.7 Å². The fourth-order valence-corrected chi connectivity index (χ4v) is 5.04. The average Bonchev–Trinajstić information content (AvgIpc) is 2.74. The van der Waals surface area contributed by atoms with Crippen molar-refractivity contribution in [1.29, 1.82) is 0 Å². The molecule has 5 nitrogen and oxygen atoms in total. The lowest BCUT2D eigenvalue weighted by molar-refractivity contribution is -0.148. The van der Waals surface area contributed by atoms with Crippen LogP contribution in [0.5, 0.6) is 5.75 Å². The van der Waals surface area contributed by atoms with E-state index in [0.717, 1.165) is 30.0 Å². The zero-order valence-corrected chi connectivity index (χ0v) is 19.2. The first-order valence-electron chi connectivity index (χ1n) is 11.4. The molecule has 0 saturated carbocycles. The van der Waals surface area contributed by atoms with E-state index in [9.17, 15) is 9.18 Å². The van der Waals surface area contributed by atoms with Crippen molar-refractivity contribution in [3.8, 4) is 5.75 Å². The van der Waals surface area contributed by atoms with Crippen LogP contribution in [0, 0.1) is 17.7 Å². The van der Waals surface area contributed by atoms with Crippen LogP contribution in [0.3, 0.4) is 0 Å². The number of hydrogen-bond acceptors (Lipinski definition) is 4. The summed E-state index contributed by atoms with van der Waals surface area (Å²) in [6, 6.07) is 14.4. The highest BCUT2D eigenvalue weighted by Crippen LogP contribution is 2.32. The van der Waals surface area contributed by atoms with Gasteiger partial charge in [-0.15, -0.1) is 0 Å². The zero-order valence-electron chi connectivity index (χ0n) is 19.2. The van der Waals surface area contributed by atoms with Gasteiger partial charge in [0.2, 0.25) is 5.91 Å². The summed E-state index contributed by atoms with van der Waals surface area (Å²) in [6.45, 7) is 7.63. The third-order valence-electron chi connectivity index (χ3n) is 6.32. The van der Waals surface area contributed by atoms with Gasteiger partial charge in [-0.2, -0.15) is 0 Å². The van der Waals surface area contributed by atoms with E-state index in [1.807, 2.05) is 43.0 Å². The zero-order chi connectivity index (χ0) is 22.7. The quantitative estimate of drug-likeness (QED) is 0.658. The van der Waals surface area contributed by atoms with Gasteiger partial charge in [-0.05, 0) is 56.3 Å². The molecule has 3 atom stereocenters. The third-order valence-corrected chi connectivity index (χ3v) is 6.32. The summed E-state index contributed by atoms with van der Waals surface area (Å²) in [6.07, 6.45) is 0.440. The lowest BCUT2D eigenvalue weighted by Gasteiger charge is -2.50. The second-order valence-electron chi connectivity index (χ2n) is 9.40. The number of likely N-dealkylation sites (tertiary alicyclic amines) is 1. The van der Waals surface area contributed by atoms with Gasteiger partial charge in [0.15, 0.2) is 0 Å². The van der Waals surface area contributed by atoms with E-state index >= 15 is 0 Å². The van der Waals surface area contributed by atoms with E-state index < -0.39 is 0 Å². The fraction of sp³-hybridized carbons (Fsp3) is 0.500. The van der Waals surface area contributed by atoms with E-state index in [2.05, 4.69) is 11.9 Å². The Kier molecular flexibility index (Phi) is 7.11. The van der Waals surface area contributed by atoms with Crippen LogP contribution in [0.25, 0.3) is 0 Å². The molecule has 0 radical (unpaired) electrons. The van der Waals surface area contributed by atoms with Gasteiger partial charge in [0.05, 0.1) is 25.7 Å². The number of amides is 1. The Morgan fingerprint density at radius 2 is 1.66 bits per heavy atom. The van der Waals surface area contributed by atoms with Crippen molar-refractivity contribution >= 4 is 5.91 Å². The van der Waals surface area contributed by atoms with Crippen LogP contribution >= 0.6 is 0 Å². The Labute approximate surface area is 190 Å². The summed E-state index contributed by atoms with van der Waals surface area (Å²) < 4.78 is 25.0. The van der Waals surface area contributed by atoms with Crippen molar-refractivity contribution in [2.45, 2.75) is 39.0 Å². The largest absolute Gasteiger partial charge is 0.491 e. The van der Waals surface area contributed by atoms with Crippen LogP contribution in [0.4, 0.5) is 4.39 Å². The van der Waals surface area contributed by atoms with E-state index in [1.54, 1.807) is 12.1 Å². The monoisotopic (exact) mass is 440 g/mol. The van der Waals surface area contributed by atoms with Gasteiger partial charge in [-0.1, -0.05) is 24.3 Å². The third kappa shape index (κ3) is 5.48. The van der Waals surface area contributed by atoms with Crippen LogP contribution in [-0.2, 0) is 22.5 Å². The molecule has 4 rings (SSSR count). The molecule has 2 aromatic carbocycles. The number of rotatable bonds is 7. The minimum Gasteiger partial charge on any atom is -0.491 e. The lowest BCUT2D eigenvalue weighted by Crippen LogP contribution is -2.61. The molecule has 2 saturated heterocycles. The Hall–Kier alpha value is -2.44. The maximum absolute atomic E-state index is 13.6. The van der Waals surface area contributed by atoms with Gasteiger partial charge in [0.1, 0.15) is 11.6 Å². The van der Waals surface area contributed by atoms with Crippen LogP contribution in [0.1, 0.15) is 25.0 Å². The van der Waals surface area contributed by atoms with Gasteiger partial charge in [-0.25, -0.2) is 4.39 Å². The number of benzene rings is 2. The molecule has 0 unspecified atom stereocenters. The summed E-state index contributed by atoms with van der Waals surface area (Å²) >= 11 is 0. The molecule has 0 spiro atoms. The van der Waals surface area contributed by atoms with Crippen LogP contribution in [0.15, 0.2) is 48.5 Å². The maximum Gasteiger partial charge on any atom is 0.227 e. The highest BCUT2D eigenvalue weighted by Gasteiger charge is 2.43. The SMILES string of the molecule is CC(C)Oc1ccc(CC(=O)N(Cc2ccc(F)cc2)[C@@H]2[C@@H]3COC[C@H]2CN(C)C3)cc1. The average molecular weight is 441 g/mol. The van der Waals surface area contributed by atoms with Crippen LogP contribution in [-0.4, -0.2) is 61.2 Å². The van der Waals surface area contributed by atoms with E-state index in [1.165, 1.54) is 12.1 Å². The number of ether oxygens (including phenoxy) is 2. The number of carbonyl (C=O) groups excluding carboxylic acids is 1. The maximum atomic E-state index is 13.6. The molecule has 172 valence electrons. The molecule has 1 amide bonds. The second-order valence-corrected chi connectivity index (χ2v) is 9.40. The van der Waals surface area contributed by atoms with Gasteiger partial charge >= 0.3 is 0 Å². The summed E-state index contributed by atoms with van der Waals surface area (Å²) in [4.78, 5) is 18.0. The molecular weight excluding hydrogens is 407 g/mol. The molecule has 0 aliphatic carbocycles. The van der Waals surface area contributed by atoms with E-state index in [4.69, 9.17) is 9.47 Å². The normalized spacial score (nSPS) is 23.2. The number of piperidine rings is 1. The Morgan fingerprint density at radius 3 is 2.25 bits per heavy atom. The van der Waals surface area contributed by atoms with E-state index in [0.29, 0.717) is 26.2 Å². The first kappa shape index (κ1) is 22.7. The van der Waals surface area contributed by atoms with Gasteiger partial charge in [-0.3, -0.25) is 4.79 Å². The molecule has 2 heterocycles. The Bertz CT molecular complexity index is 886. The number of halogens is 1. The summed E-state index contributed by atoms with van der Waals surface area (Å²) in [7, 11) is 2.13. The molecule has 32 heavy (non-hydrogen) atoms. The molecule has 2 aliphatic rings. The predicted molar refractivity (Wildman–Crippen MR) is 122 cm³/mol. The molecular formula is C26H33FN2O3. The highest BCUT2D eigenvalue weighted by atomic mass is 19.1. The number of carbonyl (C=O) groups is 1. The summed E-state index contributed by atoms with van der Waals surface area (Å²) in [5.41, 5.74) is 1.91. The second kappa shape index (κ2) is 10.0. The minimum atomic E-state index is -0.264. The van der Waals surface area contributed by atoms with Crippen molar-refractivity contribution in [3.05, 3.63) is 65.5 Å². The molecule has 0 N–H and O–H groups in total. The molecule has 2 bridgehead atoms. The topological polar surface area (TPSA) is 42.0 Å². The predicted octanol–water partition coefficient (Wildman–Crippen LogP) is 3.76. The number of nitrogens with zero attached hydrogens (tertiary/aromatic N) is 2. The summed E-state index contributed by atoms with van der Waals surface area (Å²) in [5, 5.41) is 0. The van der Waals surface area contributed by atoms with Gasteiger partial charge in [0, 0.05) is 37.5 Å². The smallest absolute Gasteiger partial charge is 0.227 e. The van der Waals surface area contributed by atoms with E-state index in [-0.39, 0.29) is 35.7 Å². The number of fused-ring (bicyclic) bond motifs is 2. The summed E-state index contributed by atoms with van der Waals surface area (Å²) in [5.74, 6) is 1.19. The number of hydrogen-bond donors (Lipinski definition) is 0. The van der Waals surface area contributed by atoms with Gasteiger partial charge in [0.25, 0.3) is 0 Å². The Balaban J connectivity index is 1.55.